The molecule has 0 aromatic heterocycles. The van der Waals surface area contributed by atoms with Crippen molar-refractivity contribution in [3.05, 3.63) is 29.3 Å². The van der Waals surface area contributed by atoms with Crippen molar-refractivity contribution in [3.8, 4) is 5.75 Å². The number of ether oxygens (including phenoxy) is 1. The minimum Gasteiger partial charge on any atom is -0.507 e. The molecule has 0 radical (unpaired) electrons. The van der Waals surface area contributed by atoms with Gasteiger partial charge in [-0.3, -0.25) is 0 Å². The molecule has 2 N–H and O–H groups in total. The van der Waals surface area contributed by atoms with Crippen LogP contribution in [0, 0.1) is 11.8 Å². The number of benzene rings is 1. The number of carbonyl (C=O) groups excluding carboxylic acids is 1. The van der Waals surface area contributed by atoms with Gasteiger partial charge in [-0.2, -0.15) is 0 Å². The SMILES string of the molecule is COC(=O)c1cccc(C2CC(C(C)C)CCC2(C)O)c1O. The summed E-state index contributed by atoms with van der Waals surface area (Å²) < 4.78 is 4.71. The van der Waals surface area contributed by atoms with Crippen LogP contribution in [0.25, 0.3) is 0 Å². The summed E-state index contributed by atoms with van der Waals surface area (Å²) in [5.41, 5.74) is -0.0850. The fourth-order valence-electron chi connectivity index (χ4n) is 3.51. The molecule has 1 aromatic rings. The van der Waals surface area contributed by atoms with Crippen LogP contribution in [0.2, 0.25) is 0 Å². The molecular formula is C18H26O4. The Labute approximate surface area is 132 Å². The average molecular weight is 306 g/mol. The molecule has 4 nitrogen and oxygen atoms in total. The summed E-state index contributed by atoms with van der Waals surface area (Å²) in [7, 11) is 1.29. The summed E-state index contributed by atoms with van der Waals surface area (Å²) in [6, 6.07) is 5.07. The van der Waals surface area contributed by atoms with Gasteiger partial charge < -0.3 is 14.9 Å². The van der Waals surface area contributed by atoms with Crippen molar-refractivity contribution in [1.82, 2.24) is 0 Å². The van der Waals surface area contributed by atoms with E-state index in [-0.39, 0.29) is 17.2 Å². The maximum absolute atomic E-state index is 11.8. The van der Waals surface area contributed by atoms with Crippen LogP contribution in [-0.4, -0.2) is 28.9 Å². The van der Waals surface area contributed by atoms with E-state index in [1.54, 1.807) is 18.2 Å². The number of rotatable bonds is 3. The Bertz CT molecular complexity index is 548. The highest BCUT2D eigenvalue weighted by molar-refractivity contribution is 5.92. The number of hydrogen-bond acceptors (Lipinski definition) is 4. The minimum absolute atomic E-state index is 0.0657. The molecule has 1 fully saturated rings. The summed E-state index contributed by atoms with van der Waals surface area (Å²) in [4.78, 5) is 11.8. The van der Waals surface area contributed by atoms with E-state index in [4.69, 9.17) is 4.74 Å². The number of para-hydroxylation sites is 1. The highest BCUT2D eigenvalue weighted by Crippen LogP contribution is 2.48. The number of esters is 1. The molecule has 22 heavy (non-hydrogen) atoms. The van der Waals surface area contributed by atoms with Gasteiger partial charge in [0.15, 0.2) is 0 Å². The van der Waals surface area contributed by atoms with E-state index in [1.165, 1.54) is 7.11 Å². The Morgan fingerprint density at radius 1 is 1.41 bits per heavy atom. The third-order valence-corrected chi connectivity index (χ3v) is 5.10. The number of aliphatic hydroxyl groups is 1. The van der Waals surface area contributed by atoms with Gasteiger partial charge in [-0.05, 0) is 44.1 Å². The molecule has 0 saturated heterocycles. The molecule has 1 saturated carbocycles. The summed E-state index contributed by atoms with van der Waals surface area (Å²) in [6.45, 7) is 6.19. The Morgan fingerprint density at radius 3 is 2.68 bits per heavy atom. The fourth-order valence-corrected chi connectivity index (χ4v) is 3.51. The van der Waals surface area contributed by atoms with Crippen LogP contribution in [-0.2, 0) is 4.74 Å². The third-order valence-electron chi connectivity index (χ3n) is 5.10. The molecule has 1 aliphatic rings. The summed E-state index contributed by atoms with van der Waals surface area (Å²) in [5.74, 6) is 0.230. The predicted octanol–water partition coefficient (Wildman–Crippen LogP) is 3.47. The molecule has 3 atom stereocenters. The number of hydrogen-bond donors (Lipinski definition) is 2. The fraction of sp³-hybridized carbons (Fsp3) is 0.611. The van der Waals surface area contributed by atoms with Crippen LogP contribution in [0.4, 0.5) is 0 Å². The van der Waals surface area contributed by atoms with Crippen LogP contribution in [0.1, 0.15) is 61.9 Å². The highest BCUT2D eigenvalue weighted by Gasteiger charge is 2.41. The van der Waals surface area contributed by atoms with Gasteiger partial charge in [0.2, 0.25) is 0 Å². The van der Waals surface area contributed by atoms with Crippen molar-refractivity contribution in [2.75, 3.05) is 7.11 Å². The molecule has 0 spiro atoms. The zero-order valence-corrected chi connectivity index (χ0v) is 13.8. The van der Waals surface area contributed by atoms with E-state index in [1.807, 2.05) is 6.92 Å². The lowest BCUT2D eigenvalue weighted by Gasteiger charge is -2.42. The van der Waals surface area contributed by atoms with Crippen LogP contribution in [0.15, 0.2) is 18.2 Å². The van der Waals surface area contributed by atoms with E-state index in [0.29, 0.717) is 23.8 Å². The molecule has 0 amide bonds. The monoisotopic (exact) mass is 306 g/mol. The molecule has 2 rings (SSSR count). The lowest BCUT2D eigenvalue weighted by Crippen LogP contribution is -2.39. The van der Waals surface area contributed by atoms with Crippen LogP contribution < -0.4 is 0 Å². The molecule has 0 bridgehead atoms. The van der Waals surface area contributed by atoms with Gasteiger partial charge in [-0.25, -0.2) is 4.79 Å². The number of carbonyl (C=O) groups is 1. The quantitative estimate of drug-likeness (QED) is 0.839. The number of phenolic OH excluding ortho intramolecular Hbond substituents is 1. The van der Waals surface area contributed by atoms with Crippen molar-refractivity contribution in [3.63, 3.8) is 0 Å². The van der Waals surface area contributed by atoms with Crippen molar-refractivity contribution in [2.45, 2.75) is 51.6 Å². The first kappa shape index (κ1) is 16.8. The van der Waals surface area contributed by atoms with Gasteiger partial charge in [-0.15, -0.1) is 0 Å². The van der Waals surface area contributed by atoms with E-state index in [0.717, 1.165) is 12.8 Å². The maximum Gasteiger partial charge on any atom is 0.341 e. The smallest absolute Gasteiger partial charge is 0.341 e. The van der Waals surface area contributed by atoms with Crippen molar-refractivity contribution < 1.29 is 19.7 Å². The third kappa shape index (κ3) is 3.12. The van der Waals surface area contributed by atoms with Gasteiger partial charge in [0, 0.05) is 11.5 Å². The first-order chi connectivity index (χ1) is 10.3. The van der Waals surface area contributed by atoms with E-state index in [2.05, 4.69) is 13.8 Å². The molecular weight excluding hydrogens is 280 g/mol. The predicted molar refractivity (Wildman–Crippen MR) is 85.0 cm³/mol. The first-order valence-corrected chi connectivity index (χ1v) is 7.90. The van der Waals surface area contributed by atoms with Crippen LogP contribution >= 0.6 is 0 Å². The Kier molecular flexibility index (Phi) is 4.81. The molecule has 0 heterocycles. The lowest BCUT2D eigenvalue weighted by molar-refractivity contribution is -0.0210. The van der Waals surface area contributed by atoms with Crippen molar-refractivity contribution in [1.29, 1.82) is 0 Å². The normalized spacial score (nSPS) is 28.6. The molecule has 4 heteroatoms. The molecule has 0 aliphatic heterocycles. The Hall–Kier alpha value is -1.55. The van der Waals surface area contributed by atoms with E-state index >= 15 is 0 Å². The van der Waals surface area contributed by atoms with Crippen LogP contribution in [0.5, 0.6) is 5.75 Å². The number of phenols is 1. The second-order valence-corrected chi connectivity index (χ2v) is 6.92. The first-order valence-electron chi connectivity index (χ1n) is 7.90. The highest BCUT2D eigenvalue weighted by atomic mass is 16.5. The Morgan fingerprint density at radius 2 is 2.09 bits per heavy atom. The topological polar surface area (TPSA) is 66.8 Å². The number of methoxy groups -OCH3 is 1. The van der Waals surface area contributed by atoms with Gasteiger partial charge >= 0.3 is 5.97 Å². The number of aromatic hydroxyl groups is 1. The summed E-state index contributed by atoms with van der Waals surface area (Å²) >= 11 is 0. The maximum atomic E-state index is 11.8. The van der Waals surface area contributed by atoms with Gasteiger partial charge in [-0.1, -0.05) is 26.0 Å². The standard InChI is InChI=1S/C18H26O4/c1-11(2)12-8-9-18(3,21)15(10-12)13-6-5-7-14(16(13)19)17(20)22-4/h5-7,11-12,15,19,21H,8-10H2,1-4H3. The van der Waals surface area contributed by atoms with Gasteiger partial charge in [0.1, 0.15) is 11.3 Å². The molecule has 1 aliphatic carbocycles. The molecule has 1 aromatic carbocycles. The van der Waals surface area contributed by atoms with E-state index < -0.39 is 11.6 Å². The van der Waals surface area contributed by atoms with Gasteiger partial charge in [0.25, 0.3) is 0 Å². The zero-order valence-electron chi connectivity index (χ0n) is 13.8. The lowest BCUT2D eigenvalue weighted by atomic mass is 9.66. The van der Waals surface area contributed by atoms with Crippen molar-refractivity contribution >= 4 is 5.97 Å². The second kappa shape index (κ2) is 6.29. The van der Waals surface area contributed by atoms with Gasteiger partial charge in [0.05, 0.1) is 12.7 Å². The largest absolute Gasteiger partial charge is 0.507 e. The second-order valence-electron chi connectivity index (χ2n) is 6.92. The summed E-state index contributed by atoms with van der Waals surface area (Å²) in [6.07, 6.45) is 2.49. The van der Waals surface area contributed by atoms with Crippen molar-refractivity contribution in [2.24, 2.45) is 11.8 Å². The molecule has 3 unspecified atom stereocenters. The zero-order chi connectivity index (χ0) is 16.5. The molecule has 122 valence electrons. The van der Waals surface area contributed by atoms with E-state index in [9.17, 15) is 15.0 Å². The average Bonchev–Trinajstić information content (AvgIpc) is 2.46. The summed E-state index contributed by atoms with van der Waals surface area (Å²) in [5, 5.41) is 21.3. The Balaban J connectivity index is 2.42. The van der Waals surface area contributed by atoms with Crippen LogP contribution in [0.3, 0.4) is 0 Å². The minimum atomic E-state index is -0.877.